The second-order valence-corrected chi connectivity index (χ2v) is 4.26. The molecule has 0 fully saturated rings. The fraction of sp³-hybridized carbons (Fsp3) is 0.308. The monoisotopic (exact) mass is 251 g/mol. The van der Waals surface area contributed by atoms with Crippen LogP contribution in [0.15, 0.2) is 24.4 Å². The van der Waals surface area contributed by atoms with E-state index in [-0.39, 0.29) is 5.97 Å². The number of halogens is 1. The summed E-state index contributed by atoms with van der Waals surface area (Å²) in [6, 6.07) is 5.42. The van der Waals surface area contributed by atoms with Gasteiger partial charge >= 0.3 is 5.97 Å². The Bertz CT molecular complexity index is 533. The molecule has 3 nitrogen and oxygen atoms in total. The SMILES string of the molecule is CCCCOC(=O)c1cccc2[nH]cc(Cl)c12. The Morgan fingerprint density at radius 3 is 3.06 bits per heavy atom. The zero-order valence-corrected chi connectivity index (χ0v) is 10.4. The van der Waals surface area contributed by atoms with Crippen LogP contribution in [0.5, 0.6) is 0 Å². The number of hydrogen-bond acceptors (Lipinski definition) is 2. The highest BCUT2D eigenvalue weighted by atomic mass is 35.5. The van der Waals surface area contributed by atoms with Gasteiger partial charge in [-0.05, 0) is 18.6 Å². The normalized spacial score (nSPS) is 10.7. The molecule has 0 saturated carbocycles. The fourth-order valence-corrected chi connectivity index (χ4v) is 1.96. The quantitative estimate of drug-likeness (QED) is 0.664. The van der Waals surface area contributed by atoms with Crippen LogP contribution in [0, 0.1) is 0 Å². The van der Waals surface area contributed by atoms with Crippen LogP contribution < -0.4 is 0 Å². The number of esters is 1. The van der Waals surface area contributed by atoms with Crippen LogP contribution in [-0.4, -0.2) is 17.6 Å². The molecule has 0 bridgehead atoms. The Hall–Kier alpha value is -1.48. The fourth-order valence-electron chi connectivity index (χ4n) is 1.70. The van der Waals surface area contributed by atoms with Gasteiger partial charge in [0.05, 0.1) is 17.2 Å². The number of hydrogen-bond donors (Lipinski definition) is 1. The van der Waals surface area contributed by atoms with Crippen LogP contribution in [0.2, 0.25) is 5.02 Å². The standard InChI is InChI=1S/C13H14ClNO2/c1-2-3-7-17-13(16)9-5-4-6-11-12(9)10(14)8-15-11/h4-6,8,15H,2-3,7H2,1H3. The van der Waals surface area contributed by atoms with E-state index < -0.39 is 0 Å². The summed E-state index contributed by atoms with van der Waals surface area (Å²) in [5.74, 6) is -0.314. The van der Waals surface area contributed by atoms with Crippen molar-refractivity contribution in [3.05, 3.63) is 35.0 Å². The summed E-state index contributed by atoms with van der Waals surface area (Å²) < 4.78 is 5.19. The van der Waals surface area contributed by atoms with Gasteiger partial charge in [-0.1, -0.05) is 31.0 Å². The molecule has 90 valence electrons. The van der Waals surface area contributed by atoms with Gasteiger partial charge in [-0.3, -0.25) is 0 Å². The maximum atomic E-state index is 11.9. The first-order valence-electron chi connectivity index (χ1n) is 5.66. The van der Waals surface area contributed by atoms with E-state index in [2.05, 4.69) is 11.9 Å². The number of rotatable bonds is 4. The van der Waals surface area contributed by atoms with Crippen LogP contribution in [0.3, 0.4) is 0 Å². The van der Waals surface area contributed by atoms with Crippen LogP contribution in [-0.2, 0) is 4.74 Å². The Morgan fingerprint density at radius 2 is 2.29 bits per heavy atom. The molecule has 0 amide bonds. The van der Waals surface area contributed by atoms with Crippen molar-refractivity contribution >= 4 is 28.5 Å². The van der Waals surface area contributed by atoms with Crippen molar-refractivity contribution < 1.29 is 9.53 Å². The number of unbranched alkanes of at least 4 members (excludes halogenated alkanes) is 1. The number of fused-ring (bicyclic) bond motifs is 1. The van der Waals surface area contributed by atoms with E-state index in [1.165, 1.54) is 0 Å². The van der Waals surface area contributed by atoms with Gasteiger partial charge in [0.25, 0.3) is 0 Å². The maximum absolute atomic E-state index is 11.9. The predicted molar refractivity (Wildman–Crippen MR) is 68.5 cm³/mol. The molecule has 1 heterocycles. The molecule has 1 aromatic heterocycles. The molecule has 0 aliphatic carbocycles. The van der Waals surface area contributed by atoms with Crippen molar-refractivity contribution in [3.8, 4) is 0 Å². The first-order chi connectivity index (χ1) is 8.24. The highest BCUT2D eigenvalue weighted by Crippen LogP contribution is 2.26. The number of nitrogens with one attached hydrogen (secondary N) is 1. The average Bonchev–Trinajstić information content (AvgIpc) is 2.71. The molecular weight excluding hydrogens is 238 g/mol. The van der Waals surface area contributed by atoms with E-state index >= 15 is 0 Å². The number of aromatic amines is 1. The molecule has 0 saturated heterocycles. The Morgan fingerprint density at radius 1 is 1.47 bits per heavy atom. The maximum Gasteiger partial charge on any atom is 0.338 e. The van der Waals surface area contributed by atoms with Gasteiger partial charge in [0, 0.05) is 17.1 Å². The Balaban J connectivity index is 2.28. The lowest BCUT2D eigenvalue weighted by atomic mass is 10.1. The number of carbonyl (C=O) groups excluding carboxylic acids is 1. The van der Waals surface area contributed by atoms with Crippen molar-refractivity contribution in [2.24, 2.45) is 0 Å². The summed E-state index contributed by atoms with van der Waals surface area (Å²) >= 11 is 6.04. The molecular formula is C13H14ClNO2. The zero-order chi connectivity index (χ0) is 12.3. The van der Waals surface area contributed by atoms with Crippen LogP contribution >= 0.6 is 11.6 Å². The summed E-state index contributed by atoms with van der Waals surface area (Å²) in [5.41, 5.74) is 1.37. The summed E-state index contributed by atoms with van der Waals surface area (Å²) in [7, 11) is 0. The predicted octanol–water partition coefficient (Wildman–Crippen LogP) is 3.78. The summed E-state index contributed by atoms with van der Waals surface area (Å²) in [6.45, 7) is 2.51. The molecule has 0 spiro atoms. The molecule has 2 rings (SSSR count). The Kier molecular flexibility index (Phi) is 3.69. The van der Waals surface area contributed by atoms with Crippen molar-refractivity contribution in [2.75, 3.05) is 6.61 Å². The van der Waals surface area contributed by atoms with E-state index in [0.29, 0.717) is 17.2 Å². The number of ether oxygens (including phenoxy) is 1. The lowest BCUT2D eigenvalue weighted by molar-refractivity contribution is 0.0502. The van der Waals surface area contributed by atoms with Crippen molar-refractivity contribution in [2.45, 2.75) is 19.8 Å². The van der Waals surface area contributed by atoms with Gasteiger partial charge in [-0.25, -0.2) is 4.79 Å². The summed E-state index contributed by atoms with van der Waals surface area (Å²) in [5, 5.41) is 1.28. The number of aromatic nitrogens is 1. The lowest BCUT2D eigenvalue weighted by Gasteiger charge is -2.05. The van der Waals surface area contributed by atoms with Gasteiger partial charge in [0.15, 0.2) is 0 Å². The van der Waals surface area contributed by atoms with E-state index in [9.17, 15) is 4.79 Å². The lowest BCUT2D eigenvalue weighted by Crippen LogP contribution is -2.06. The average molecular weight is 252 g/mol. The molecule has 0 radical (unpaired) electrons. The molecule has 0 atom stereocenters. The topological polar surface area (TPSA) is 42.1 Å². The molecule has 2 aromatic rings. The first kappa shape index (κ1) is 12.0. The summed E-state index contributed by atoms with van der Waals surface area (Å²) in [4.78, 5) is 14.9. The highest BCUT2D eigenvalue weighted by Gasteiger charge is 2.14. The van der Waals surface area contributed by atoms with Crippen LogP contribution in [0.25, 0.3) is 10.9 Å². The smallest absolute Gasteiger partial charge is 0.338 e. The van der Waals surface area contributed by atoms with Crippen molar-refractivity contribution in [1.82, 2.24) is 4.98 Å². The third-order valence-corrected chi connectivity index (χ3v) is 2.91. The van der Waals surface area contributed by atoms with E-state index in [4.69, 9.17) is 16.3 Å². The second kappa shape index (κ2) is 5.23. The van der Waals surface area contributed by atoms with Gasteiger partial charge < -0.3 is 9.72 Å². The Labute approximate surface area is 105 Å². The van der Waals surface area contributed by atoms with Crippen molar-refractivity contribution in [1.29, 1.82) is 0 Å². The van der Waals surface area contributed by atoms with Crippen LogP contribution in [0.1, 0.15) is 30.1 Å². The molecule has 4 heteroatoms. The molecule has 1 aromatic carbocycles. The third kappa shape index (κ3) is 2.44. The van der Waals surface area contributed by atoms with E-state index in [1.807, 2.05) is 12.1 Å². The number of H-pyrrole nitrogens is 1. The zero-order valence-electron chi connectivity index (χ0n) is 9.63. The van der Waals surface area contributed by atoms with Crippen LogP contribution in [0.4, 0.5) is 0 Å². The minimum Gasteiger partial charge on any atom is -0.462 e. The van der Waals surface area contributed by atoms with E-state index in [1.54, 1.807) is 12.3 Å². The van der Waals surface area contributed by atoms with Crippen molar-refractivity contribution in [3.63, 3.8) is 0 Å². The first-order valence-corrected chi connectivity index (χ1v) is 6.04. The highest BCUT2D eigenvalue weighted by molar-refractivity contribution is 6.36. The molecule has 0 aliphatic rings. The van der Waals surface area contributed by atoms with Gasteiger partial charge in [-0.2, -0.15) is 0 Å². The molecule has 0 aliphatic heterocycles. The minimum absolute atomic E-state index is 0.314. The third-order valence-electron chi connectivity index (χ3n) is 2.61. The number of benzene rings is 1. The second-order valence-electron chi connectivity index (χ2n) is 3.85. The largest absolute Gasteiger partial charge is 0.462 e. The number of carbonyl (C=O) groups is 1. The van der Waals surface area contributed by atoms with E-state index in [0.717, 1.165) is 23.7 Å². The van der Waals surface area contributed by atoms with Gasteiger partial charge in [0.1, 0.15) is 0 Å². The molecule has 1 N–H and O–H groups in total. The van der Waals surface area contributed by atoms with Gasteiger partial charge in [0.2, 0.25) is 0 Å². The van der Waals surface area contributed by atoms with Gasteiger partial charge in [-0.15, -0.1) is 0 Å². The molecule has 0 unspecified atom stereocenters. The summed E-state index contributed by atoms with van der Waals surface area (Å²) in [6.07, 6.45) is 3.56. The molecule has 17 heavy (non-hydrogen) atoms. The minimum atomic E-state index is -0.314.